The van der Waals surface area contributed by atoms with Crippen LogP contribution < -0.4 is 5.32 Å². The van der Waals surface area contributed by atoms with E-state index >= 15 is 0 Å². The molecule has 3 rings (SSSR count). The van der Waals surface area contributed by atoms with Crippen LogP contribution in [-0.2, 0) is 11.2 Å². The molecule has 0 radical (unpaired) electrons. The van der Waals surface area contributed by atoms with E-state index in [0.717, 1.165) is 36.7 Å². The van der Waals surface area contributed by atoms with Gasteiger partial charge in [-0.25, -0.2) is 0 Å². The number of ether oxygens (including phenoxy) is 1. The van der Waals surface area contributed by atoms with Gasteiger partial charge in [0.15, 0.2) is 11.5 Å². The third-order valence-electron chi connectivity index (χ3n) is 4.36. The molecule has 22 heavy (non-hydrogen) atoms. The highest BCUT2D eigenvalue weighted by Gasteiger charge is 2.30. The lowest BCUT2D eigenvalue weighted by Gasteiger charge is -2.38. The summed E-state index contributed by atoms with van der Waals surface area (Å²) in [6.07, 6.45) is 2.11. The predicted molar refractivity (Wildman–Crippen MR) is 87.4 cm³/mol. The number of aromatic hydroxyl groups is 2. The highest BCUT2D eigenvalue weighted by atomic mass is 16.5. The third-order valence-corrected chi connectivity index (χ3v) is 4.36. The van der Waals surface area contributed by atoms with E-state index in [1.54, 1.807) is 12.1 Å². The number of morpholine rings is 1. The minimum absolute atomic E-state index is 0.0785. The van der Waals surface area contributed by atoms with Crippen LogP contribution in [0.4, 0.5) is 0 Å². The fraction of sp³-hybridized carbons (Fsp3) is 0.444. The molecule has 0 amide bonds. The van der Waals surface area contributed by atoms with Gasteiger partial charge in [-0.3, -0.25) is 0 Å². The van der Waals surface area contributed by atoms with Crippen LogP contribution in [0.2, 0.25) is 0 Å². The molecule has 4 nitrogen and oxygen atoms in total. The van der Waals surface area contributed by atoms with Gasteiger partial charge in [-0.15, -0.1) is 0 Å². The van der Waals surface area contributed by atoms with Crippen molar-refractivity contribution in [1.29, 1.82) is 0 Å². The first-order valence-corrected chi connectivity index (χ1v) is 7.78. The third kappa shape index (κ3) is 3.18. The smallest absolute Gasteiger partial charge is 0.158 e. The van der Waals surface area contributed by atoms with Crippen molar-refractivity contribution in [2.45, 2.75) is 38.4 Å². The lowest BCUT2D eigenvalue weighted by molar-refractivity contribution is -0.101. The van der Waals surface area contributed by atoms with Crippen molar-refractivity contribution in [2.24, 2.45) is 0 Å². The molecule has 2 unspecified atom stereocenters. The van der Waals surface area contributed by atoms with Crippen molar-refractivity contribution >= 4 is 10.8 Å². The Morgan fingerprint density at radius 3 is 2.64 bits per heavy atom. The van der Waals surface area contributed by atoms with Crippen LogP contribution in [0.25, 0.3) is 10.8 Å². The van der Waals surface area contributed by atoms with Gasteiger partial charge in [-0.2, -0.15) is 0 Å². The van der Waals surface area contributed by atoms with E-state index in [4.69, 9.17) is 4.74 Å². The van der Waals surface area contributed by atoms with Gasteiger partial charge < -0.3 is 20.3 Å². The number of nitrogens with one attached hydrogen (secondary N) is 1. The van der Waals surface area contributed by atoms with E-state index in [1.165, 1.54) is 5.56 Å². The van der Waals surface area contributed by atoms with Gasteiger partial charge in [0.1, 0.15) is 0 Å². The summed E-state index contributed by atoms with van der Waals surface area (Å²) in [6, 6.07) is 9.32. The zero-order chi connectivity index (χ0) is 15.7. The van der Waals surface area contributed by atoms with E-state index in [1.807, 2.05) is 6.07 Å². The molecule has 0 bridgehead atoms. The Morgan fingerprint density at radius 1 is 1.18 bits per heavy atom. The number of fused-ring (bicyclic) bond motifs is 1. The van der Waals surface area contributed by atoms with E-state index in [9.17, 15) is 10.2 Å². The van der Waals surface area contributed by atoms with Crippen molar-refractivity contribution < 1.29 is 14.9 Å². The number of hydrogen-bond acceptors (Lipinski definition) is 4. The van der Waals surface area contributed by atoms with Crippen molar-refractivity contribution in [3.63, 3.8) is 0 Å². The van der Waals surface area contributed by atoms with Gasteiger partial charge in [0.25, 0.3) is 0 Å². The predicted octanol–water partition coefficient (Wildman–Crippen LogP) is 2.95. The second kappa shape index (κ2) is 5.78. The van der Waals surface area contributed by atoms with Crippen LogP contribution in [0.15, 0.2) is 30.3 Å². The van der Waals surface area contributed by atoms with Crippen LogP contribution in [0.3, 0.4) is 0 Å². The maximum atomic E-state index is 9.63. The topological polar surface area (TPSA) is 61.7 Å². The van der Waals surface area contributed by atoms with Crippen LogP contribution >= 0.6 is 0 Å². The zero-order valence-corrected chi connectivity index (χ0v) is 13.1. The normalized spacial score (nSPS) is 25.5. The SMILES string of the molecule is CC1CNCC(C)(CCc2ccc3cc(O)c(O)cc3c2)O1. The first-order chi connectivity index (χ1) is 10.5. The lowest BCUT2D eigenvalue weighted by Crippen LogP contribution is -2.51. The maximum absolute atomic E-state index is 9.63. The second-order valence-electron chi connectivity index (χ2n) is 6.53. The first kappa shape index (κ1) is 15.1. The Morgan fingerprint density at radius 2 is 1.91 bits per heavy atom. The fourth-order valence-corrected chi connectivity index (χ4v) is 3.14. The fourth-order valence-electron chi connectivity index (χ4n) is 3.14. The molecule has 1 heterocycles. The van der Waals surface area contributed by atoms with Crippen molar-refractivity contribution in [2.75, 3.05) is 13.1 Å². The minimum Gasteiger partial charge on any atom is -0.504 e. The summed E-state index contributed by atoms with van der Waals surface area (Å²) >= 11 is 0. The van der Waals surface area contributed by atoms with Crippen LogP contribution in [0.1, 0.15) is 25.8 Å². The molecule has 2 aromatic rings. The summed E-state index contributed by atoms with van der Waals surface area (Å²) in [7, 11) is 0. The molecule has 3 N–H and O–H groups in total. The molecule has 1 aliphatic heterocycles. The van der Waals surface area contributed by atoms with Gasteiger partial charge in [-0.1, -0.05) is 18.2 Å². The molecule has 1 saturated heterocycles. The number of phenols is 2. The molecule has 0 aromatic heterocycles. The molecular formula is C18H23NO3. The number of rotatable bonds is 3. The molecule has 4 heteroatoms. The summed E-state index contributed by atoms with van der Waals surface area (Å²) in [5.41, 5.74) is 1.07. The summed E-state index contributed by atoms with van der Waals surface area (Å²) in [6.45, 7) is 6.03. The van der Waals surface area contributed by atoms with Crippen molar-refractivity contribution in [1.82, 2.24) is 5.32 Å². The Balaban J connectivity index is 1.75. The first-order valence-electron chi connectivity index (χ1n) is 7.78. The quantitative estimate of drug-likeness (QED) is 0.763. The standard InChI is InChI=1S/C18H23NO3/c1-12-10-19-11-18(2,22-12)6-5-13-3-4-14-8-16(20)17(21)9-15(14)7-13/h3-4,7-9,12,19-21H,5-6,10-11H2,1-2H3. The zero-order valence-electron chi connectivity index (χ0n) is 13.1. The second-order valence-corrected chi connectivity index (χ2v) is 6.53. The lowest BCUT2D eigenvalue weighted by atomic mass is 9.94. The summed E-state index contributed by atoms with van der Waals surface area (Å²) < 4.78 is 6.08. The Bertz CT molecular complexity index is 685. The van der Waals surface area contributed by atoms with Crippen LogP contribution in [0, 0.1) is 0 Å². The van der Waals surface area contributed by atoms with E-state index in [2.05, 4.69) is 31.3 Å². The average Bonchev–Trinajstić information content (AvgIpc) is 2.46. The molecule has 118 valence electrons. The summed E-state index contributed by atoms with van der Waals surface area (Å²) in [5, 5.41) is 24.5. The highest BCUT2D eigenvalue weighted by molar-refractivity contribution is 5.86. The van der Waals surface area contributed by atoms with Crippen LogP contribution in [0.5, 0.6) is 11.5 Å². The van der Waals surface area contributed by atoms with E-state index in [0.29, 0.717) is 0 Å². The number of phenolic OH excluding ortho intramolecular Hbond substituents is 2. The molecule has 2 atom stereocenters. The molecule has 2 aromatic carbocycles. The van der Waals surface area contributed by atoms with Gasteiger partial charge in [0.2, 0.25) is 0 Å². The van der Waals surface area contributed by atoms with E-state index < -0.39 is 0 Å². The van der Waals surface area contributed by atoms with E-state index in [-0.39, 0.29) is 23.2 Å². The molecule has 0 spiro atoms. The summed E-state index contributed by atoms with van der Waals surface area (Å²) in [5.74, 6) is -0.159. The van der Waals surface area contributed by atoms with Gasteiger partial charge in [0.05, 0.1) is 11.7 Å². The van der Waals surface area contributed by atoms with Crippen molar-refractivity contribution in [3.8, 4) is 11.5 Å². The minimum atomic E-state index is -0.135. The maximum Gasteiger partial charge on any atom is 0.158 e. The van der Waals surface area contributed by atoms with Crippen LogP contribution in [-0.4, -0.2) is 35.0 Å². The average molecular weight is 301 g/mol. The monoisotopic (exact) mass is 301 g/mol. The highest BCUT2D eigenvalue weighted by Crippen LogP contribution is 2.31. The molecule has 0 aliphatic carbocycles. The Labute approximate surface area is 130 Å². The van der Waals surface area contributed by atoms with Gasteiger partial charge >= 0.3 is 0 Å². The molecule has 1 aliphatic rings. The van der Waals surface area contributed by atoms with Gasteiger partial charge in [-0.05, 0) is 55.2 Å². The molecule has 1 fully saturated rings. The molecular weight excluding hydrogens is 278 g/mol. The van der Waals surface area contributed by atoms with Crippen molar-refractivity contribution in [3.05, 3.63) is 35.9 Å². The molecule has 0 saturated carbocycles. The largest absolute Gasteiger partial charge is 0.504 e. The number of hydrogen-bond donors (Lipinski definition) is 3. The Kier molecular flexibility index (Phi) is 3.98. The van der Waals surface area contributed by atoms with Gasteiger partial charge in [0, 0.05) is 13.1 Å². The summed E-state index contributed by atoms with van der Waals surface area (Å²) in [4.78, 5) is 0. The number of benzene rings is 2. The number of aryl methyl sites for hydroxylation is 1. The Hall–Kier alpha value is -1.78.